The minimum Gasteiger partial charge on any atom is -1.00 e. The Hall–Kier alpha value is -2.43. The van der Waals surface area contributed by atoms with Gasteiger partial charge in [-0.2, -0.15) is 0 Å². The normalized spacial score (nSPS) is 12.5. The number of terminal acetylenes is 4. The van der Waals surface area contributed by atoms with E-state index >= 15 is 0 Å². The zero-order valence-corrected chi connectivity index (χ0v) is 34.5. The molecular formula is C31H59Cl3DyN8O10. The maximum absolute atomic E-state index is 12.4. The summed E-state index contributed by atoms with van der Waals surface area (Å²) in [5.74, 6) is 8.84. The molecule has 1 heterocycles. The molecule has 0 aromatic heterocycles. The molecule has 0 unspecified atom stereocenters. The standard InChI is InChI=1S/C28H40N8O4.C3H6O.3ClH.Dy.5H2O/c1-5-9-29-25(37)21-33-13-15-34(22-26(38)30-10-6-2)17-19-36(24-28(40)32-12-8-4)20-18-35(16-14-33)23-27(39)31-11-7-3;1-3(2)4;;;;;;;;;/h1-4H,9-24H2,(H,29,37)(H,30,38)(H,31,39)(H,32,40);1-2H3;3*1H;;5*1H2. The van der Waals surface area contributed by atoms with Crippen molar-refractivity contribution in [3.8, 4) is 49.4 Å². The van der Waals surface area contributed by atoms with Gasteiger partial charge >= 0.3 is 0 Å². The fraction of sp³-hybridized carbons (Fsp3) is 0.581. The van der Waals surface area contributed by atoms with Crippen molar-refractivity contribution in [2.75, 3.05) is 105 Å². The Kier molecular flexibility index (Phi) is 70.6. The molecule has 0 aliphatic carbocycles. The van der Waals surface area contributed by atoms with Crippen LogP contribution in [0.1, 0.15) is 13.8 Å². The summed E-state index contributed by atoms with van der Waals surface area (Å²) in [6, 6.07) is 0. The van der Waals surface area contributed by atoms with E-state index in [1.54, 1.807) is 0 Å². The number of carbonyl (C=O) groups excluding carboxylic acids is 5. The van der Waals surface area contributed by atoms with Gasteiger partial charge in [-0.25, -0.2) is 0 Å². The Morgan fingerprint density at radius 3 is 0.717 bits per heavy atom. The van der Waals surface area contributed by atoms with E-state index in [1.165, 1.54) is 13.8 Å². The van der Waals surface area contributed by atoms with Crippen molar-refractivity contribution in [1.82, 2.24) is 40.9 Å². The van der Waals surface area contributed by atoms with Crippen molar-refractivity contribution in [3.05, 3.63) is 0 Å². The van der Waals surface area contributed by atoms with Gasteiger partial charge in [0.25, 0.3) is 0 Å². The van der Waals surface area contributed by atoms with Crippen molar-refractivity contribution < 1.29 is 102 Å². The Morgan fingerprint density at radius 2 is 0.604 bits per heavy atom. The van der Waals surface area contributed by atoms with Gasteiger partial charge in [-0.05, 0) is 13.8 Å². The topological polar surface area (TPSA) is 305 Å². The smallest absolute Gasteiger partial charge is 0.234 e. The van der Waals surface area contributed by atoms with Crippen LogP contribution in [-0.2, 0) is 29.4 Å². The van der Waals surface area contributed by atoms with Crippen LogP contribution < -0.4 is 33.7 Å². The number of amides is 4. The fourth-order valence-electron chi connectivity index (χ4n) is 3.85. The van der Waals surface area contributed by atoms with Gasteiger partial charge in [0.2, 0.25) is 23.6 Å². The van der Waals surface area contributed by atoms with E-state index in [0.717, 1.165) is 0 Å². The van der Waals surface area contributed by atoms with Crippen LogP contribution >= 0.6 is 24.8 Å². The molecule has 314 valence electrons. The summed E-state index contributed by atoms with van der Waals surface area (Å²) in [6.45, 7) is 7.81. The van der Waals surface area contributed by atoms with Crippen LogP contribution in [0, 0.1) is 87.5 Å². The van der Waals surface area contributed by atoms with Gasteiger partial charge in [0.1, 0.15) is 5.78 Å². The monoisotopic (exact) mass is 972 g/mol. The predicted octanol–water partition coefficient (Wildman–Crippen LogP) is -9.57. The molecule has 1 fully saturated rings. The second-order valence-electron chi connectivity index (χ2n) is 9.94. The Labute approximate surface area is 362 Å². The van der Waals surface area contributed by atoms with Crippen molar-refractivity contribution in [1.29, 1.82) is 0 Å². The van der Waals surface area contributed by atoms with Crippen molar-refractivity contribution in [3.63, 3.8) is 0 Å². The number of hydrogen-bond acceptors (Lipinski definition) is 9. The van der Waals surface area contributed by atoms with Crippen LogP contribution in [0.15, 0.2) is 0 Å². The van der Waals surface area contributed by atoms with Crippen LogP contribution in [0.4, 0.5) is 0 Å². The third-order valence-corrected chi connectivity index (χ3v) is 5.95. The molecule has 15 N–H and O–H groups in total. The van der Waals surface area contributed by atoms with E-state index in [1.807, 2.05) is 19.6 Å². The average Bonchev–Trinajstić information content (AvgIpc) is 2.97. The number of hydrogen-bond donors (Lipinski definition) is 4. The van der Waals surface area contributed by atoms with Gasteiger partial charge < -0.3 is 65.8 Å². The van der Waals surface area contributed by atoms with Crippen molar-refractivity contribution in [2.24, 2.45) is 0 Å². The molecule has 1 rings (SSSR count). The molecule has 1 aliphatic heterocycles. The summed E-state index contributed by atoms with van der Waals surface area (Å²) >= 11 is 0. The molecular weight excluding hydrogens is 913 g/mol. The maximum Gasteiger partial charge on any atom is 0.234 e. The summed E-state index contributed by atoms with van der Waals surface area (Å²) in [7, 11) is 0. The molecule has 22 heteroatoms. The molecule has 0 bridgehead atoms. The number of halogens is 3. The molecule has 0 saturated carbocycles. The summed E-state index contributed by atoms with van der Waals surface area (Å²) in [5.41, 5.74) is 0. The third-order valence-electron chi connectivity index (χ3n) is 5.95. The van der Waals surface area contributed by atoms with E-state index < -0.39 is 0 Å². The molecule has 4 amide bonds. The van der Waals surface area contributed by atoms with E-state index in [0.29, 0.717) is 52.4 Å². The SMILES string of the molecule is C#CCNC(=O)CN1CCN(CC(=O)NCC#C)CCN(CC(=O)NCC#C)CCN(CC(=O)NCC#C)CC1.CC(C)=O.Cl.Cl.O.O.O.O.[Cl-].[Dy].[OH3+]. The molecule has 1 aliphatic rings. The first kappa shape index (κ1) is 75.5. The van der Waals surface area contributed by atoms with Gasteiger partial charge in [-0.3, -0.25) is 38.8 Å². The largest absolute Gasteiger partial charge is 1.00 e. The molecule has 1 saturated heterocycles. The Bertz CT molecular complexity index is 955. The molecule has 0 atom stereocenters. The number of ketones is 1. The van der Waals surface area contributed by atoms with Crippen LogP contribution in [0.5, 0.6) is 0 Å². The first-order valence-electron chi connectivity index (χ1n) is 14.2. The number of nitrogens with zero attached hydrogens (tertiary/aromatic N) is 4. The summed E-state index contributed by atoms with van der Waals surface area (Å²) in [6.07, 6.45) is 21.0. The first-order valence-corrected chi connectivity index (χ1v) is 14.2. The number of Topliss-reactive ketones (excluding diaryl/α,β-unsaturated/α-hetero) is 1. The number of rotatable bonds is 12. The summed E-state index contributed by atoms with van der Waals surface area (Å²) < 4.78 is 0. The second kappa shape index (κ2) is 49.6. The molecule has 0 aromatic rings. The van der Waals surface area contributed by atoms with E-state index in [-0.39, 0.29) is 185 Å². The van der Waals surface area contributed by atoms with Crippen LogP contribution in [0.2, 0.25) is 0 Å². The van der Waals surface area contributed by atoms with Gasteiger partial charge in [0, 0.05) is 90.5 Å². The summed E-state index contributed by atoms with van der Waals surface area (Å²) in [4.78, 5) is 67.0. The Balaban J connectivity index is -0.000000169. The van der Waals surface area contributed by atoms with Gasteiger partial charge in [-0.15, -0.1) is 50.5 Å². The van der Waals surface area contributed by atoms with Crippen LogP contribution in [0.25, 0.3) is 0 Å². The van der Waals surface area contributed by atoms with E-state index in [2.05, 4.69) is 44.9 Å². The summed E-state index contributed by atoms with van der Waals surface area (Å²) in [5, 5.41) is 10.7. The second-order valence-corrected chi connectivity index (χ2v) is 9.94. The van der Waals surface area contributed by atoms with E-state index in [9.17, 15) is 24.0 Å². The fourth-order valence-corrected chi connectivity index (χ4v) is 3.85. The third kappa shape index (κ3) is 45.7. The predicted molar refractivity (Wildman–Crippen MR) is 203 cm³/mol. The number of carbonyl (C=O) groups is 5. The zero-order chi connectivity index (χ0) is 33.2. The minimum atomic E-state index is -0.217. The minimum absolute atomic E-state index is 0. The van der Waals surface area contributed by atoms with Gasteiger partial charge in [0.15, 0.2) is 0 Å². The maximum atomic E-state index is 12.4. The zero-order valence-electron chi connectivity index (χ0n) is 30.0. The number of nitrogens with one attached hydrogen (secondary N) is 4. The molecule has 18 nitrogen and oxygen atoms in total. The first-order chi connectivity index (χ1) is 21.0. The van der Waals surface area contributed by atoms with Crippen molar-refractivity contribution in [2.45, 2.75) is 13.8 Å². The van der Waals surface area contributed by atoms with Gasteiger partial charge in [-0.1, -0.05) is 23.7 Å². The molecule has 53 heavy (non-hydrogen) atoms. The quantitative estimate of drug-likeness (QED) is 0.107. The Morgan fingerprint density at radius 1 is 0.472 bits per heavy atom. The van der Waals surface area contributed by atoms with Gasteiger partial charge in [0.05, 0.1) is 52.4 Å². The molecule has 0 radical (unpaired) electrons. The van der Waals surface area contributed by atoms with Crippen LogP contribution in [-0.4, -0.2) is 176 Å². The van der Waals surface area contributed by atoms with E-state index in [4.69, 9.17) is 25.7 Å². The van der Waals surface area contributed by atoms with Crippen molar-refractivity contribution >= 4 is 54.2 Å². The average molecular weight is 973 g/mol. The van der Waals surface area contributed by atoms with Crippen LogP contribution in [0.3, 0.4) is 0 Å². The molecule has 0 spiro atoms. The molecule has 0 aromatic carbocycles.